The smallest absolute Gasteiger partial charge is 0.335 e. The lowest BCUT2D eigenvalue weighted by Crippen LogP contribution is -2.29. The molecule has 1 aliphatic heterocycles. The second-order valence-corrected chi connectivity index (χ2v) is 3.35. The molecular formula is C11H7NO5. The van der Waals surface area contributed by atoms with Gasteiger partial charge in [-0.3, -0.25) is 9.59 Å². The number of aromatic hydroxyl groups is 1. The van der Waals surface area contributed by atoms with Gasteiger partial charge in [-0.15, -0.1) is 0 Å². The molecule has 0 radical (unpaired) electrons. The minimum atomic E-state index is -1.20. The van der Waals surface area contributed by atoms with Crippen LogP contribution in [0, 0.1) is 0 Å². The molecule has 1 heterocycles. The Labute approximate surface area is 95.4 Å². The van der Waals surface area contributed by atoms with Crippen LogP contribution in [0.25, 0.3) is 0 Å². The first-order valence-corrected chi connectivity index (χ1v) is 4.63. The number of phenols is 1. The van der Waals surface area contributed by atoms with Crippen molar-refractivity contribution in [3.8, 4) is 5.75 Å². The van der Waals surface area contributed by atoms with Crippen molar-refractivity contribution < 1.29 is 24.6 Å². The standard InChI is InChI=1S/C11H7NO5/c13-8-5-6(11(16)17)1-2-7(8)12-9(14)3-4-10(12)15/h1-5,13H,(H,16,17). The van der Waals surface area contributed by atoms with E-state index in [9.17, 15) is 19.5 Å². The summed E-state index contributed by atoms with van der Waals surface area (Å²) in [6, 6.07) is 3.40. The number of carboxylic acid groups (broad SMARTS) is 1. The molecule has 0 aliphatic carbocycles. The van der Waals surface area contributed by atoms with Crippen molar-refractivity contribution in [3.05, 3.63) is 35.9 Å². The molecule has 1 aromatic rings. The second-order valence-electron chi connectivity index (χ2n) is 3.35. The van der Waals surface area contributed by atoms with Crippen LogP contribution in [0.15, 0.2) is 30.4 Å². The summed E-state index contributed by atoms with van der Waals surface area (Å²) in [4.78, 5) is 34.1. The van der Waals surface area contributed by atoms with Crippen molar-refractivity contribution in [1.29, 1.82) is 0 Å². The van der Waals surface area contributed by atoms with E-state index in [-0.39, 0.29) is 11.3 Å². The molecule has 0 saturated carbocycles. The van der Waals surface area contributed by atoms with Crippen LogP contribution >= 0.6 is 0 Å². The fourth-order valence-electron chi connectivity index (χ4n) is 1.48. The summed E-state index contributed by atoms with van der Waals surface area (Å²) in [5.74, 6) is -2.79. The Hall–Kier alpha value is -2.63. The van der Waals surface area contributed by atoms with Gasteiger partial charge in [-0.25, -0.2) is 9.69 Å². The minimum absolute atomic E-state index is 0.0324. The topological polar surface area (TPSA) is 94.9 Å². The Kier molecular flexibility index (Phi) is 2.40. The van der Waals surface area contributed by atoms with Gasteiger partial charge in [-0.05, 0) is 18.2 Å². The van der Waals surface area contributed by atoms with Crippen LogP contribution in [0.2, 0.25) is 0 Å². The fraction of sp³-hybridized carbons (Fsp3) is 0. The summed E-state index contributed by atoms with van der Waals surface area (Å²) in [6.07, 6.45) is 2.15. The van der Waals surface area contributed by atoms with E-state index in [0.717, 1.165) is 23.1 Å². The van der Waals surface area contributed by atoms with E-state index in [4.69, 9.17) is 5.11 Å². The van der Waals surface area contributed by atoms with Gasteiger partial charge in [0.1, 0.15) is 5.75 Å². The number of imide groups is 1. The predicted octanol–water partition coefficient (Wildman–Crippen LogP) is 0.520. The number of aromatic carboxylic acids is 1. The van der Waals surface area contributed by atoms with Crippen LogP contribution in [0.4, 0.5) is 5.69 Å². The van der Waals surface area contributed by atoms with Gasteiger partial charge in [0.05, 0.1) is 11.3 Å². The SMILES string of the molecule is O=C(O)c1ccc(N2C(=O)C=CC2=O)c(O)c1. The van der Waals surface area contributed by atoms with Gasteiger partial charge in [0.15, 0.2) is 0 Å². The number of benzene rings is 1. The molecule has 0 saturated heterocycles. The van der Waals surface area contributed by atoms with Crippen LogP contribution in [0.3, 0.4) is 0 Å². The number of anilines is 1. The average molecular weight is 233 g/mol. The van der Waals surface area contributed by atoms with E-state index in [1.807, 2.05) is 0 Å². The number of carbonyl (C=O) groups is 3. The third-order valence-electron chi connectivity index (χ3n) is 2.27. The highest BCUT2D eigenvalue weighted by atomic mass is 16.4. The number of hydrogen-bond donors (Lipinski definition) is 2. The van der Waals surface area contributed by atoms with Crippen molar-refractivity contribution >= 4 is 23.5 Å². The first-order valence-electron chi connectivity index (χ1n) is 4.63. The Morgan fingerprint density at radius 3 is 2.18 bits per heavy atom. The summed E-state index contributed by atoms with van der Waals surface area (Å²) in [5, 5.41) is 18.3. The van der Waals surface area contributed by atoms with E-state index in [1.54, 1.807) is 0 Å². The Balaban J connectivity index is 2.44. The zero-order valence-corrected chi connectivity index (χ0v) is 8.45. The van der Waals surface area contributed by atoms with Gasteiger partial charge in [-0.2, -0.15) is 0 Å². The highest BCUT2D eigenvalue weighted by molar-refractivity contribution is 6.28. The highest BCUT2D eigenvalue weighted by Gasteiger charge is 2.27. The monoisotopic (exact) mass is 233 g/mol. The number of carbonyl (C=O) groups excluding carboxylic acids is 2. The van der Waals surface area contributed by atoms with Gasteiger partial charge >= 0.3 is 5.97 Å². The molecule has 0 atom stereocenters. The molecule has 0 bridgehead atoms. The normalized spacial score (nSPS) is 14.5. The molecule has 2 amide bonds. The van der Waals surface area contributed by atoms with E-state index < -0.39 is 23.5 Å². The molecule has 2 rings (SSSR count). The van der Waals surface area contributed by atoms with Crippen molar-refractivity contribution in [2.75, 3.05) is 4.90 Å². The summed E-state index contributed by atoms with van der Waals surface area (Å²) in [6.45, 7) is 0. The number of nitrogens with zero attached hydrogens (tertiary/aromatic N) is 1. The maximum atomic E-state index is 11.3. The number of phenolic OH excluding ortho intramolecular Hbond substituents is 1. The molecule has 0 spiro atoms. The lowest BCUT2D eigenvalue weighted by atomic mass is 10.2. The molecule has 1 aromatic carbocycles. The van der Waals surface area contributed by atoms with E-state index >= 15 is 0 Å². The molecule has 2 N–H and O–H groups in total. The van der Waals surface area contributed by atoms with Crippen LogP contribution in [-0.2, 0) is 9.59 Å². The lowest BCUT2D eigenvalue weighted by Gasteiger charge is -2.15. The molecule has 6 nitrogen and oxygen atoms in total. The van der Waals surface area contributed by atoms with Gasteiger partial charge < -0.3 is 10.2 Å². The number of hydrogen-bond acceptors (Lipinski definition) is 4. The van der Waals surface area contributed by atoms with Crippen LogP contribution in [-0.4, -0.2) is 28.0 Å². The summed E-state index contributed by atoms with van der Waals surface area (Å²) < 4.78 is 0. The maximum Gasteiger partial charge on any atom is 0.335 e. The molecule has 0 aromatic heterocycles. The highest BCUT2D eigenvalue weighted by Crippen LogP contribution is 2.30. The van der Waals surface area contributed by atoms with E-state index in [1.165, 1.54) is 12.1 Å². The maximum absolute atomic E-state index is 11.3. The van der Waals surface area contributed by atoms with E-state index in [2.05, 4.69) is 0 Å². The number of amides is 2. The first kappa shape index (κ1) is 10.9. The molecule has 86 valence electrons. The van der Waals surface area contributed by atoms with E-state index in [0.29, 0.717) is 0 Å². The Morgan fingerprint density at radius 1 is 1.12 bits per heavy atom. The van der Waals surface area contributed by atoms with Gasteiger partial charge in [0.25, 0.3) is 11.8 Å². The van der Waals surface area contributed by atoms with Gasteiger partial charge in [0.2, 0.25) is 0 Å². The Bertz CT molecular complexity index is 543. The fourth-order valence-corrected chi connectivity index (χ4v) is 1.48. The zero-order chi connectivity index (χ0) is 12.6. The third-order valence-corrected chi connectivity index (χ3v) is 2.27. The van der Waals surface area contributed by atoms with Crippen molar-refractivity contribution in [2.45, 2.75) is 0 Å². The van der Waals surface area contributed by atoms with Crippen molar-refractivity contribution in [3.63, 3.8) is 0 Å². The van der Waals surface area contributed by atoms with Crippen LogP contribution in [0.5, 0.6) is 5.75 Å². The lowest BCUT2D eigenvalue weighted by molar-refractivity contribution is -0.120. The number of carboxylic acids is 1. The summed E-state index contributed by atoms with van der Waals surface area (Å²) >= 11 is 0. The van der Waals surface area contributed by atoms with Crippen molar-refractivity contribution in [2.24, 2.45) is 0 Å². The Morgan fingerprint density at radius 2 is 1.71 bits per heavy atom. The largest absolute Gasteiger partial charge is 0.506 e. The van der Waals surface area contributed by atoms with Gasteiger partial charge in [0, 0.05) is 12.2 Å². The summed E-state index contributed by atoms with van der Waals surface area (Å²) in [7, 11) is 0. The number of rotatable bonds is 2. The summed E-state index contributed by atoms with van der Waals surface area (Å²) in [5.41, 5.74) is -0.159. The quantitative estimate of drug-likeness (QED) is 0.726. The minimum Gasteiger partial charge on any atom is -0.506 e. The van der Waals surface area contributed by atoms with Gasteiger partial charge in [-0.1, -0.05) is 0 Å². The first-order chi connectivity index (χ1) is 8.00. The van der Waals surface area contributed by atoms with Crippen LogP contribution < -0.4 is 4.90 Å². The molecular weight excluding hydrogens is 226 g/mol. The molecule has 0 unspecified atom stereocenters. The van der Waals surface area contributed by atoms with Crippen molar-refractivity contribution in [1.82, 2.24) is 0 Å². The predicted molar refractivity (Wildman–Crippen MR) is 56.7 cm³/mol. The molecule has 17 heavy (non-hydrogen) atoms. The second kappa shape index (κ2) is 3.75. The third kappa shape index (κ3) is 1.76. The zero-order valence-electron chi connectivity index (χ0n) is 8.45. The van der Waals surface area contributed by atoms with Crippen LogP contribution in [0.1, 0.15) is 10.4 Å². The molecule has 1 aliphatic rings. The molecule has 0 fully saturated rings. The average Bonchev–Trinajstić information content (AvgIpc) is 2.59. The molecule has 6 heteroatoms.